The number of hydrogen-bond acceptors (Lipinski definition) is 5. The second-order valence-electron chi connectivity index (χ2n) is 10.7. The van der Waals surface area contributed by atoms with Crippen LogP contribution >= 0.6 is 0 Å². The minimum atomic E-state index is -0.156. The fourth-order valence-corrected chi connectivity index (χ4v) is 6.04. The van der Waals surface area contributed by atoms with Crippen LogP contribution in [0.15, 0.2) is 72.9 Å². The molecule has 2 aliphatic rings. The minimum absolute atomic E-state index is 0.0851. The number of benzene rings is 3. The third-order valence-corrected chi connectivity index (χ3v) is 8.17. The fourth-order valence-electron chi connectivity index (χ4n) is 6.04. The van der Waals surface area contributed by atoms with E-state index in [1.54, 1.807) is 0 Å². The molecule has 7 rings (SSSR count). The van der Waals surface area contributed by atoms with Crippen LogP contribution in [0.5, 0.6) is 0 Å². The molecule has 39 heavy (non-hydrogen) atoms. The zero-order valence-corrected chi connectivity index (χ0v) is 21.8. The number of fused-ring (bicyclic) bond motifs is 2. The Bertz CT molecular complexity index is 1620. The van der Waals surface area contributed by atoms with Crippen molar-refractivity contribution in [3.8, 4) is 11.3 Å². The number of amides is 1. The van der Waals surface area contributed by atoms with Crippen LogP contribution in [0.25, 0.3) is 32.9 Å². The number of ether oxygens (including phenoxy) is 1. The first kappa shape index (κ1) is 24.1. The van der Waals surface area contributed by atoms with Gasteiger partial charge in [0.25, 0.3) is 0 Å². The number of carbonyl (C=O) groups is 1. The van der Waals surface area contributed by atoms with Gasteiger partial charge in [-0.3, -0.25) is 14.8 Å². The zero-order valence-electron chi connectivity index (χ0n) is 21.8. The summed E-state index contributed by atoms with van der Waals surface area (Å²) < 4.78 is 5.63. The Balaban J connectivity index is 1.16. The molecular formula is C31H32N6O2. The summed E-state index contributed by atoms with van der Waals surface area (Å²) in [5, 5.41) is 10.9. The number of nitrogens with zero attached hydrogens (tertiary/aromatic N) is 4. The molecule has 2 aliphatic heterocycles. The molecule has 198 valence electrons. The summed E-state index contributed by atoms with van der Waals surface area (Å²) in [6.07, 6.45) is 3.28. The SMILES string of the molecule is O=C(Cc1[nH]nc2ccccc12)N1CCN(CC2CCOC2)CC1c1ncc(-c2ccc3ccccc3c2)[nH]1. The second kappa shape index (κ2) is 10.3. The van der Waals surface area contributed by atoms with Crippen molar-refractivity contribution in [2.75, 3.05) is 39.4 Å². The first-order valence-electron chi connectivity index (χ1n) is 13.8. The highest BCUT2D eigenvalue weighted by Gasteiger charge is 2.35. The summed E-state index contributed by atoms with van der Waals surface area (Å²) in [6, 6.07) is 22.6. The number of rotatable bonds is 6. The number of imidazole rings is 1. The Labute approximate surface area is 227 Å². The van der Waals surface area contributed by atoms with Crippen LogP contribution in [0, 0.1) is 5.92 Å². The monoisotopic (exact) mass is 520 g/mol. The highest BCUT2D eigenvalue weighted by Crippen LogP contribution is 2.30. The van der Waals surface area contributed by atoms with Crippen LogP contribution in [0.1, 0.15) is 24.0 Å². The maximum absolute atomic E-state index is 13.8. The quantitative estimate of drug-likeness (QED) is 0.342. The van der Waals surface area contributed by atoms with Crippen molar-refractivity contribution in [2.45, 2.75) is 18.9 Å². The maximum Gasteiger partial charge on any atom is 0.229 e. The lowest BCUT2D eigenvalue weighted by Crippen LogP contribution is -2.52. The lowest BCUT2D eigenvalue weighted by molar-refractivity contribution is -0.136. The van der Waals surface area contributed by atoms with Crippen LogP contribution in [0.2, 0.25) is 0 Å². The summed E-state index contributed by atoms with van der Waals surface area (Å²) in [7, 11) is 0. The molecule has 2 atom stereocenters. The Morgan fingerprint density at radius 3 is 2.79 bits per heavy atom. The number of para-hydroxylation sites is 1. The van der Waals surface area contributed by atoms with Crippen molar-refractivity contribution in [3.63, 3.8) is 0 Å². The molecule has 2 fully saturated rings. The normalized spacial score (nSPS) is 20.3. The van der Waals surface area contributed by atoms with E-state index in [0.29, 0.717) is 12.5 Å². The number of piperazine rings is 1. The zero-order chi connectivity index (χ0) is 26.2. The van der Waals surface area contributed by atoms with E-state index in [4.69, 9.17) is 9.72 Å². The van der Waals surface area contributed by atoms with E-state index in [2.05, 4.69) is 62.5 Å². The smallest absolute Gasteiger partial charge is 0.229 e. The second-order valence-corrected chi connectivity index (χ2v) is 10.7. The molecule has 8 heteroatoms. The van der Waals surface area contributed by atoms with Gasteiger partial charge in [-0.05, 0) is 35.2 Å². The Kier molecular flexibility index (Phi) is 6.34. The largest absolute Gasteiger partial charge is 0.381 e. The summed E-state index contributed by atoms with van der Waals surface area (Å²) in [4.78, 5) is 26.6. The van der Waals surface area contributed by atoms with Gasteiger partial charge in [-0.25, -0.2) is 4.98 Å². The number of carbonyl (C=O) groups excluding carboxylic acids is 1. The van der Waals surface area contributed by atoms with Crippen molar-refractivity contribution in [1.82, 2.24) is 30.0 Å². The average Bonchev–Trinajstić information content (AvgIpc) is 3.75. The minimum Gasteiger partial charge on any atom is -0.381 e. The molecule has 2 saturated heterocycles. The summed E-state index contributed by atoms with van der Waals surface area (Å²) in [5.41, 5.74) is 3.79. The van der Waals surface area contributed by atoms with Gasteiger partial charge in [-0.1, -0.05) is 54.6 Å². The van der Waals surface area contributed by atoms with Crippen molar-refractivity contribution in [2.24, 2.45) is 5.92 Å². The first-order valence-corrected chi connectivity index (χ1v) is 13.8. The molecule has 0 saturated carbocycles. The van der Waals surface area contributed by atoms with E-state index >= 15 is 0 Å². The molecule has 5 aromatic rings. The van der Waals surface area contributed by atoms with Crippen LogP contribution in [-0.4, -0.2) is 75.3 Å². The molecule has 0 aliphatic carbocycles. The molecule has 2 N–H and O–H groups in total. The summed E-state index contributed by atoms with van der Waals surface area (Å²) >= 11 is 0. The van der Waals surface area contributed by atoms with Gasteiger partial charge in [-0.15, -0.1) is 0 Å². The molecular weight excluding hydrogens is 488 g/mol. The number of nitrogens with one attached hydrogen (secondary N) is 2. The molecule has 0 spiro atoms. The molecule has 1 amide bonds. The van der Waals surface area contributed by atoms with E-state index in [0.717, 1.165) is 72.9 Å². The van der Waals surface area contributed by atoms with Gasteiger partial charge in [0.15, 0.2) is 0 Å². The van der Waals surface area contributed by atoms with Gasteiger partial charge in [0.1, 0.15) is 11.9 Å². The van der Waals surface area contributed by atoms with Gasteiger partial charge < -0.3 is 14.6 Å². The van der Waals surface area contributed by atoms with Gasteiger partial charge in [0.2, 0.25) is 5.91 Å². The topological polar surface area (TPSA) is 90.1 Å². The Morgan fingerprint density at radius 1 is 1.03 bits per heavy atom. The third-order valence-electron chi connectivity index (χ3n) is 8.17. The average molecular weight is 521 g/mol. The van der Waals surface area contributed by atoms with E-state index in [1.807, 2.05) is 35.4 Å². The van der Waals surface area contributed by atoms with Gasteiger partial charge >= 0.3 is 0 Å². The number of aromatic amines is 2. The van der Waals surface area contributed by atoms with Gasteiger partial charge in [0.05, 0.1) is 36.1 Å². The van der Waals surface area contributed by atoms with E-state index < -0.39 is 0 Å². The van der Waals surface area contributed by atoms with E-state index in [9.17, 15) is 4.79 Å². The lowest BCUT2D eigenvalue weighted by Gasteiger charge is -2.41. The molecule has 2 aromatic heterocycles. The van der Waals surface area contributed by atoms with Gasteiger partial charge in [0, 0.05) is 43.7 Å². The molecule has 0 bridgehead atoms. The fraction of sp³-hybridized carbons (Fsp3) is 0.323. The number of H-pyrrole nitrogens is 2. The van der Waals surface area contributed by atoms with Gasteiger partial charge in [-0.2, -0.15) is 5.10 Å². The standard InChI is InChI=1S/C31H32N6O2/c38-30(16-27-25-7-3-4-8-26(25)34-35-27)37-13-12-36(18-21-11-14-39-20-21)19-29(37)31-32-17-28(33-31)24-10-9-22-5-1-2-6-23(22)15-24/h1-10,15,17,21,29H,11-14,16,18-20H2,(H,32,33)(H,34,35). The highest BCUT2D eigenvalue weighted by molar-refractivity contribution is 5.88. The molecule has 3 aromatic carbocycles. The first-order chi connectivity index (χ1) is 19.2. The predicted molar refractivity (Wildman–Crippen MR) is 151 cm³/mol. The lowest BCUT2D eigenvalue weighted by atomic mass is 10.0. The molecule has 4 heterocycles. The van der Waals surface area contributed by atoms with E-state index in [-0.39, 0.29) is 18.4 Å². The van der Waals surface area contributed by atoms with Crippen molar-refractivity contribution < 1.29 is 9.53 Å². The third kappa shape index (κ3) is 4.82. The van der Waals surface area contributed by atoms with Crippen molar-refractivity contribution in [1.29, 1.82) is 0 Å². The summed E-state index contributed by atoms with van der Waals surface area (Å²) in [6.45, 7) is 4.91. The van der Waals surface area contributed by atoms with Crippen LogP contribution in [0.4, 0.5) is 0 Å². The summed E-state index contributed by atoms with van der Waals surface area (Å²) in [5.74, 6) is 1.46. The van der Waals surface area contributed by atoms with Crippen LogP contribution in [0.3, 0.4) is 0 Å². The van der Waals surface area contributed by atoms with Crippen molar-refractivity contribution >= 4 is 27.6 Å². The predicted octanol–water partition coefficient (Wildman–Crippen LogP) is 4.57. The van der Waals surface area contributed by atoms with Crippen LogP contribution in [-0.2, 0) is 16.0 Å². The molecule has 0 radical (unpaired) electrons. The molecule has 8 nitrogen and oxygen atoms in total. The maximum atomic E-state index is 13.8. The Morgan fingerprint density at radius 2 is 1.90 bits per heavy atom. The molecule has 2 unspecified atom stereocenters. The van der Waals surface area contributed by atoms with Crippen molar-refractivity contribution in [3.05, 3.63) is 84.4 Å². The number of hydrogen-bond donors (Lipinski definition) is 2. The highest BCUT2D eigenvalue weighted by atomic mass is 16.5. The Hall–Kier alpha value is -4.01. The van der Waals surface area contributed by atoms with Crippen LogP contribution < -0.4 is 0 Å². The van der Waals surface area contributed by atoms with E-state index in [1.165, 1.54) is 10.8 Å². The number of aromatic nitrogens is 4.